The van der Waals surface area contributed by atoms with Crippen molar-refractivity contribution in [3.05, 3.63) is 17.0 Å². The van der Waals surface area contributed by atoms with Crippen LogP contribution in [0.25, 0.3) is 0 Å². The molecule has 2 atom stereocenters. The number of nitrogens with zero attached hydrogens (tertiary/aromatic N) is 3. The summed E-state index contributed by atoms with van der Waals surface area (Å²) in [6, 6.07) is 0. The Labute approximate surface area is 153 Å². The summed E-state index contributed by atoms with van der Waals surface area (Å²) < 4.78 is 5.15. The molecule has 1 aromatic rings. The van der Waals surface area contributed by atoms with E-state index in [-0.39, 0.29) is 37.2 Å². The van der Waals surface area contributed by atoms with Crippen molar-refractivity contribution in [3.8, 4) is 0 Å². The Kier molecular flexibility index (Phi) is 6.39. The number of likely N-dealkylation sites (tertiary alicyclic amines) is 1. The Hall–Kier alpha value is -2.38. The van der Waals surface area contributed by atoms with Gasteiger partial charge in [-0.3, -0.25) is 14.4 Å². The van der Waals surface area contributed by atoms with Crippen molar-refractivity contribution in [1.29, 1.82) is 0 Å². The van der Waals surface area contributed by atoms with Gasteiger partial charge in [0.25, 0.3) is 0 Å². The van der Waals surface area contributed by atoms with Gasteiger partial charge in [0.05, 0.1) is 18.2 Å². The third-order valence-electron chi connectivity index (χ3n) is 4.98. The van der Waals surface area contributed by atoms with Gasteiger partial charge in [0.1, 0.15) is 5.76 Å². The summed E-state index contributed by atoms with van der Waals surface area (Å²) in [5, 5.41) is 13.0. The molecule has 2 heterocycles. The second kappa shape index (κ2) is 8.33. The number of carbonyl (C=O) groups excluding carboxylic acids is 2. The molecule has 0 bridgehead atoms. The lowest BCUT2D eigenvalue weighted by molar-refractivity contribution is -0.147. The predicted octanol–water partition coefficient (Wildman–Crippen LogP) is 1.57. The fourth-order valence-corrected chi connectivity index (χ4v) is 3.51. The number of carbonyl (C=O) groups is 3. The van der Waals surface area contributed by atoms with Gasteiger partial charge >= 0.3 is 5.97 Å². The smallest absolute Gasteiger partial charge is 0.308 e. The maximum Gasteiger partial charge on any atom is 0.308 e. The molecule has 2 rings (SSSR count). The minimum Gasteiger partial charge on any atom is -0.481 e. The molecular formula is C18H27N3O5. The van der Waals surface area contributed by atoms with Gasteiger partial charge in [-0.15, -0.1) is 0 Å². The molecule has 8 nitrogen and oxygen atoms in total. The lowest BCUT2D eigenvalue weighted by Gasteiger charge is -2.32. The minimum absolute atomic E-state index is 0.0422. The fourth-order valence-electron chi connectivity index (χ4n) is 3.51. The molecule has 8 heteroatoms. The molecule has 1 aromatic heterocycles. The summed E-state index contributed by atoms with van der Waals surface area (Å²) in [5.74, 6) is -1.10. The Morgan fingerprint density at radius 2 is 2.08 bits per heavy atom. The number of hydrogen-bond acceptors (Lipinski definition) is 5. The molecule has 1 aliphatic heterocycles. The van der Waals surface area contributed by atoms with Crippen molar-refractivity contribution in [2.45, 2.75) is 46.0 Å². The number of amides is 2. The first-order valence-corrected chi connectivity index (χ1v) is 8.88. The first-order chi connectivity index (χ1) is 12.2. The molecule has 0 saturated carbocycles. The van der Waals surface area contributed by atoms with Gasteiger partial charge in [-0.1, -0.05) is 12.1 Å². The minimum atomic E-state index is -0.875. The quantitative estimate of drug-likeness (QED) is 0.820. The summed E-state index contributed by atoms with van der Waals surface area (Å²) in [6.45, 7) is 6.31. The largest absolute Gasteiger partial charge is 0.481 e. The molecule has 1 N–H and O–H groups in total. The fraction of sp³-hybridized carbons (Fsp3) is 0.667. The number of aryl methyl sites for hydroxylation is 2. The summed E-state index contributed by atoms with van der Waals surface area (Å²) in [4.78, 5) is 39.0. The summed E-state index contributed by atoms with van der Waals surface area (Å²) in [6.07, 6.45) is 1.51. The molecule has 1 saturated heterocycles. The molecule has 144 valence electrons. The molecular weight excluding hydrogens is 338 g/mol. The van der Waals surface area contributed by atoms with Crippen LogP contribution in [-0.2, 0) is 14.4 Å². The predicted molar refractivity (Wildman–Crippen MR) is 93.6 cm³/mol. The number of rotatable bonds is 6. The lowest BCUT2D eigenvalue weighted by atomic mass is 9.95. The van der Waals surface area contributed by atoms with Gasteiger partial charge in [0.2, 0.25) is 11.8 Å². The highest BCUT2D eigenvalue weighted by Crippen LogP contribution is 2.26. The first-order valence-electron chi connectivity index (χ1n) is 8.88. The van der Waals surface area contributed by atoms with E-state index in [0.29, 0.717) is 25.1 Å². The van der Waals surface area contributed by atoms with Crippen molar-refractivity contribution >= 4 is 17.8 Å². The number of carboxylic acids is 1. The van der Waals surface area contributed by atoms with Crippen LogP contribution in [0.3, 0.4) is 0 Å². The van der Waals surface area contributed by atoms with Crippen molar-refractivity contribution < 1.29 is 24.0 Å². The highest BCUT2D eigenvalue weighted by atomic mass is 16.5. The van der Waals surface area contributed by atoms with Crippen molar-refractivity contribution in [2.24, 2.45) is 5.92 Å². The third kappa shape index (κ3) is 4.62. The van der Waals surface area contributed by atoms with Gasteiger partial charge in [-0.05, 0) is 32.6 Å². The third-order valence-corrected chi connectivity index (χ3v) is 4.98. The van der Waals surface area contributed by atoms with E-state index in [1.165, 1.54) is 4.90 Å². The number of piperidine rings is 1. The Morgan fingerprint density at radius 1 is 1.38 bits per heavy atom. The van der Waals surface area contributed by atoms with E-state index in [2.05, 4.69) is 5.16 Å². The Morgan fingerprint density at radius 3 is 2.65 bits per heavy atom. The Bertz CT molecular complexity index is 665. The normalized spacial score (nSPS) is 18.5. The van der Waals surface area contributed by atoms with Gasteiger partial charge < -0.3 is 19.4 Å². The van der Waals surface area contributed by atoms with E-state index in [4.69, 9.17) is 9.63 Å². The molecule has 0 radical (unpaired) electrons. The number of carboxylic acid groups (broad SMARTS) is 1. The highest BCUT2D eigenvalue weighted by molar-refractivity contribution is 5.85. The lowest BCUT2D eigenvalue weighted by Crippen LogP contribution is -2.47. The zero-order chi connectivity index (χ0) is 19.4. The average molecular weight is 365 g/mol. The van der Waals surface area contributed by atoms with E-state index >= 15 is 0 Å². The van der Waals surface area contributed by atoms with Crippen molar-refractivity contribution in [2.75, 3.05) is 26.7 Å². The van der Waals surface area contributed by atoms with Gasteiger partial charge in [-0.2, -0.15) is 0 Å². The number of hydrogen-bond donors (Lipinski definition) is 1. The second-order valence-electron chi connectivity index (χ2n) is 7.11. The topological polar surface area (TPSA) is 104 Å². The number of aromatic nitrogens is 1. The first kappa shape index (κ1) is 19.9. The maximum atomic E-state index is 12.5. The van der Waals surface area contributed by atoms with E-state index < -0.39 is 11.9 Å². The van der Waals surface area contributed by atoms with Crippen LogP contribution in [0.5, 0.6) is 0 Å². The molecule has 26 heavy (non-hydrogen) atoms. The molecule has 0 aromatic carbocycles. The zero-order valence-corrected chi connectivity index (χ0v) is 15.8. The van der Waals surface area contributed by atoms with Gasteiger partial charge in [0, 0.05) is 32.1 Å². The van der Waals surface area contributed by atoms with Crippen LogP contribution in [0.4, 0.5) is 0 Å². The van der Waals surface area contributed by atoms with E-state index in [9.17, 15) is 14.4 Å². The van der Waals surface area contributed by atoms with E-state index in [1.54, 1.807) is 11.9 Å². The molecule has 1 aliphatic rings. The summed E-state index contributed by atoms with van der Waals surface area (Å²) in [7, 11) is 1.60. The SMILES string of the molecule is Cc1noc(C)c1C(C)CC(=O)N(C)CC(=O)N1CCCC(C(=O)O)C1. The Balaban J connectivity index is 1.90. The molecule has 0 spiro atoms. The standard InChI is InChI=1S/C18H27N3O5/c1-11(17-12(2)19-26-13(17)3)8-15(22)20(4)10-16(23)21-7-5-6-14(9-21)18(24)25/h11,14H,5-10H2,1-4H3,(H,24,25). The van der Waals surface area contributed by atoms with Crippen LogP contribution in [0.2, 0.25) is 0 Å². The van der Waals surface area contributed by atoms with Gasteiger partial charge in [0.15, 0.2) is 0 Å². The molecule has 1 fully saturated rings. The maximum absolute atomic E-state index is 12.5. The van der Waals surface area contributed by atoms with Crippen LogP contribution in [0.15, 0.2) is 4.52 Å². The van der Waals surface area contributed by atoms with Crippen LogP contribution in [-0.4, -0.2) is 64.5 Å². The second-order valence-corrected chi connectivity index (χ2v) is 7.11. The molecule has 2 unspecified atom stereocenters. The zero-order valence-electron chi connectivity index (χ0n) is 15.8. The van der Waals surface area contributed by atoms with Crippen LogP contribution < -0.4 is 0 Å². The van der Waals surface area contributed by atoms with Crippen LogP contribution in [0.1, 0.15) is 49.1 Å². The number of aliphatic carboxylic acids is 1. The summed E-state index contributed by atoms with van der Waals surface area (Å²) >= 11 is 0. The molecule has 0 aliphatic carbocycles. The van der Waals surface area contributed by atoms with Crippen molar-refractivity contribution in [3.63, 3.8) is 0 Å². The summed E-state index contributed by atoms with van der Waals surface area (Å²) in [5.41, 5.74) is 1.70. The number of likely N-dealkylation sites (N-methyl/N-ethyl adjacent to an activating group) is 1. The monoisotopic (exact) mass is 365 g/mol. The van der Waals surface area contributed by atoms with E-state index in [1.807, 2.05) is 20.8 Å². The van der Waals surface area contributed by atoms with Crippen molar-refractivity contribution in [1.82, 2.24) is 15.0 Å². The van der Waals surface area contributed by atoms with Crippen LogP contribution in [0, 0.1) is 19.8 Å². The molecule has 2 amide bonds. The van der Waals surface area contributed by atoms with E-state index in [0.717, 1.165) is 11.3 Å². The highest BCUT2D eigenvalue weighted by Gasteiger charge is 2.29. The average Bonchev–Trinajstić information content (AvgIpc) is 2.93. The van der Waals surface area contributed by atoms with Crippen LogP contribution >= 0.6 is 0 Å². The van der Waals surface area contributed by atoms with Gasteiger partial charge in [-0.25, -0.2) is 0 Å².